The highest BCUT2D eigenvalue weighted by Crippen LogP contribution is 2.76. The molecule has 5 nitrogen and oxygen atoms in total. The Balaban J connectivity index is 0.998. The van der Waals surface area contributed by atoms with E-state index < -0.39 is 0 Å². The number of rotatable bonds is 4. The smallest absolute Gasteiger partial charge is 0.160 e. The lowest BCUT2D eigenvalue weighted by Crippen LogP contribution is -2.18. The fourth-order valence-electron chi connectivity index (χ4n) is 11.8. The maximum Gasteiger partial charge on any atom is 0.160 e. The molecule has 0 amide bonds. The number of fused-ring (bicyclic) bond motifs is 13. The molecule has 15 rings (SSSR count). The lowest BCUT2D eigenvalue weighted by molar-refractivity contribution is 0.473. The van der Waals surface area contributed by atoms with Crippen LogP contribution >= 0.6 is 0 Å². The van der Waals surface area contributed by atoms with Crippen LogP contribution in [0.15, 0.2) is 186 Å². The molecule has 4 unspecified atom stereocenters. The molecule has 0 bridgehead atoms. The van der Waals surface area contributed by atoms with Crippen molar-refractivity contribution in [1.29, 1.82) is 0 Å². The molecular weight excluding hydrogens is 745 g/mol. The molecule has 5 heteroatoms. The van der Waals surface area contributed by atoms with Crippen LogP contribution in [-0.4, -0.2) is 19.1 Å². The average Bonchev–Trinajstić information content (AvgIpc) is 4.16. The lowest BCUT2D eigenvalue weighted by atomic mass is 9.79. The van der Waals surface area contributed by atoms with Crippen LogP contribution in [-0.2, 0) is 0 Å². The number of hydrogen-bond acceptors (Lipinski definition) is 3. The molecule has 7 aromatic carbocycles. The van der Waals surface area contributed by atoms with Crippen molar-refractivity contribution in [2.24, 2.45) is 23.2 Å². The monoisotopic (exact) mass is 780 g/mol. The Bertz CT molecular complexity index is 3840. The van der Waals surface area contributed by atoms with E-state index in [0.717, 1.165) is 83.6 Å². The zero-order valence-electron chi connectivity index (χ0n) is 33.1. The highest BCUT2D eigenvalue weighted by Gasteiger charge is 2.68. The van der Waals surface area contributed by atoms with Gasteiger partial charge in [-0.25, -0.2) is 9.97 Å². The molecule has 4 atom stereocenters. The van der Waals surface area contributed by atoms with Crippen molar-refractivity contribution >= 4 is 82.2 Å². The highest BCUT2D eigenvalue weighted by atomic mass is 16.3. The predicted octanol–water partition coefficient (Wildman–Crippen LogP) is 14.1. The molecule has 4 aliphatic rings. The molecule has 2 fully saturated rings. The predicted molar refractivity (Wildman–Crippen MR) is 249 cm³/mol. The molecule has 2 saturated carbocycles. The summed E-state index contributed by atoms with van der Waals surface area (Å²) in [4.78, 5) is 10.3. The fourth-order valence-corrected chi connectivity index (χ4v) is 11.8. The van der Waals surface area contributed by atoms with Crippen LogP contribution in [0.25, 0.3) is 110 Å². The maximum absolute atomic E-state index is 6.91. The van der Waals surface area contributed by atoms with E-state index in [0.29, 0.717) is 17.2 Å². The van der Waals surface area contributed by atoms with E-state index in [1.807, 2.05) is 12.1 Å². The van der Waals surface area contributed by atoms with Crippen molar-refractivity contribution in [2.45, 2.75) is 12.8 Å². The first-order valence-electron chi connectivity index (χ1n) is 21.6. The maximum atomic E-state index is 6.91. The van der Waals surface area contributed by atoms with Gasteiger partial charge in [0.05, 0.1) is 38.7 Å². The Hall–Kier alpha value is -7.50. The number of allylic oxidation sites excluding steroid dienone is 6. The number of hydrogen-bond donors (Lipinski definition) is 0. The van der Waals surface area contributed by atoms with Crippen molar-refractivity contribution in [3.63, 3.8) is 0 Å². The van der Waals surface area contributed by atoms with E-state index in [4.69, 9.17) is 14.4 Å². The zero-order valence-corrected chi connectivity index (χ0v) is 33.1. The second-order valence-electron chi connectivity index (χ2n) is 17.7. The summed E-state index contributed by atoms with van der Waals surface area (Å²) < 4.78 is 11.9. The van der Waals surface area contributed by atoms with Gasteiger partial charge in [-0.15, -0.1) is 0 Å². The topological polar surface area (TPSA) is 48.8 Å². The van der Waals surface area contributed by atoms with Gasteiger partial charge >= 0.3 is 0 Å². The normalized spacial score (nSPS) is 21.3. The van der Waals surface area contributed by atoms with E-state index in [1.54, 1.807) is 0 Å². The summed E-state index contributed by atoms with van der Waals surface area (Å²) in [6, 6.07) is 54.2. The molecule has 0 radical (unpaired) electrons. The molecule has 1 spiro atoms. The standard InChI is InChI=1S/C56H36N4O/c1-2-10-32(11-3-1)53-39-13-4-7-15-43(39)57-55(58-53)33-18-22-36(23-19-33)59-47-29-28-46-50(51(47)52-48(59)27-24-38-37-12-6-9-17-49(37)61-54(38)52)40-14-5-8-16-44(40)60(46)45-26-21-35-31-56(35)41(45)25-20-34-30-42(34)56/h1-29,34-35,42H,30-31H2. The first kappa shape index (κ1) is 32.4. The Labute approximate surface area is 350 Å². The Kier molecular flexibility index (Phi) is 6.05. The minimum absolute atomic E-state index is 0.314. The Morgan fingerprint density at radius 1 is 0.541 bits per heavy atom. The van der Waals surface area contributed by atoms with E-state index in [9.17, 15) is 0 Å². The van der Waals surface area contributed by atoms with Crippen LogP contribution in [0.5, 0.6) is 0 Å². The van der Waals surface area contributed by atoms with Crippen molar-refractivity contribution in [3.8, 4) is 28.3 Å². The van der Waals surface area contributed by atoms with Crippen LogP contribution in [0.4, 0.5) is 0 Å². The van der Waals surface area contributed by atoms with Gasteiger partial charge < -0.3 is 13.6 Å². The number of benzene rings is 7. The van der Waals surface area contributed by atoms with Crippen LogP contribution < -0.4 is 0 Å². The molecule has 4 aromatic heterocycles. The van der Waals surface area contributed by atoms with Crippen molar-refractivity contribution in [1.82, 2.24) is 19.1 Å². The average molecular weight is 781 g/mol. The summed E-state index contributed by atoms with van der Waals surface area (Å²) >= 11 is 0. The summed E-state index contributed by atoms with van der Waals surface area (Å²) in [6.45, 7) is 0. The summed E-state index contributed by atoms with van der Waals surface area (Å²) in [7, 11) is 0. The van der Waals surface area contributed by atoms with Crippen molar-refractivity contribution in [3.05, 3.63) is 182 Å². The van der Waals surface area contributed by atoms with Gasteiger partial charge in [0.15, 0.2) is 5.82 Å². The van der Waals surface area contributed by atoms with Gasteiger partial charge in [-0.2, -0.15) is 0 Å². The first-order valence-corrected chi connectivity index (χ1v) is 21.6. The van der Waals surface area contributed by atoms with E-state index in [1.165, 1.54) is 51.3 Å². The number of para-hydroxylation sites is 3. The van der Waals surface area contributed by atoms with Crippen molar-refractivity contribution < 1.29 is 4.42 Å². The Morgan fingerprint density at radius 3 is 2.16 bits per heavy atom. The third-order valence-electron chi connectivity index (χ3n) is 14.7. The van der Waals surface area contributed by atoms with Gasteiger partial charge in [0.1, 0.15) is 11.2 Å². The largest absolute Gasteiger partial charge is 0.455 e. The molecule has 0 N–H and O–H groups in total. The van der Waals surface area contributed by atoms with Crippen LogP contribution in [0, 0.1) is 23.2 Å². The molecule has 11 aromatic rings. The van der Waals surface area contributed by atoms with Gasteiger partial charge in [0, 0.05) is 60.2 Å². The van der Waals surface area contributed by atoms with Gasteiger partial charge in [0.2, 0.25) is 0 Å². The molecule has 61 heavy (non-hydrogen) atoms. The molecule has 0 aliphatic heterocycles. The second kappa shape index (κ2) is 11.4. The minimum Gasteiger partial charge on any atom is -0.455 e. The third-order valence-corrected chi connectivity index (χ3v) is 14.7. The number of furan rings is 1. The zero-order chi connectivity index (χ0) is 39.6. The van der Waals surface area contributed by atoms with Crippen LogP contribution in [0.2, 0.25) is 0 Å². The molecule has 286 valence electrons. The van der Waals surface area contributed by atoms with E-state index >= 15 is 0 Å². The summed E-state index contributed by atoms with van der Waals surface area (Å²) in [5, 5.41) is 8.18. The molecule has 0 saturated heterocycles. The summed E-state index contributed by atoms with van der Waals surface area (Å²) in [6.07, 6.45) is 12.6. The SMILES string of the molecule is C1=CC2CC23C(=C1n1c2ccccc2c2c4c5c6oc7ccccc7c6ccc5n(-c5ccc(-c6nc(-c7ccccc7)c7ccccc7n6)cc5)c4ccc21)C=CC1CC13. The molecular formula is C56H36N4O. The summed E-state index contributed by atoms with van der Waals surface area (Å²) in [5.74, 6) is 2.94. The van der Waals surface area contributed by atoms with E-state index in [-0.39, 0.29) is 0 Å². The quantitative estimate of drug-likeness (QED) is 0.179. The van der Waals surface area contributed by atoms with Gasteiger partial charge in [0.25, 0.3) is 0 Å². The van der Waals surface area contributed by atoms with Crippen molar-refractivity contribution in [2.75, 3.05) is 0 Å². The highest BCUT2D eigenvalue weighted by molar-refractivity contribution is 6.34. The summed E-state index contributed by atoms with van der Waals surface area (Å²) in [5.41, 5.74) is 14.7. The number of aromatic nitrogens is 4. The lowest BCUT2D eigenvalue weighted by Gasteiger charge is -2.28. The van der Waals surface area contributed by atoms with Gasteiger partial charge in [-0.3, -0.25) is 0 Å². The van der Waals surface area contributed by atoms with Crippen LogP contribution in [0.3, 0.4) is 0 Å². The fraction of sp³-hybridized carbons (Fsp3) is 0.107. The Morgan fingerprint density at radius 2 is 1.28 bits per heavy atom. The van der Waals surface area contributed by atoms with Crippen LogP contribution in [0.1, 0.15) is 12.8 Å². The van der Waals surface area contributed by atoms with E-state index in [2.05, 4.69) is 173 Å². The van der Waals surface area contributed by atoms with Gasteiger partial charge in [-0.1, -0.05) is 103 Å². The van der Waals surface area contributed by atoms with Gasteiger partial charge in [-0.05, 0) is 109 Å². The second-order valence-corrected chi connectivity index (χ2v) is 17.7. The third kappa shape index (κ3) is 4.20. The minimum atomic E-state index is 0.314. The molecule has 4 heterocycles. The number of nitrogens with zero attached hydrogens (tertiary/aromatic N) is 4. The first-order chi connectivity index (χ1) is 30.2. The molecule has 4 aliphatic carbocycles.